The lowest BCUT2D eigenvalue weighted by Crippen LogP contribution is -2.33. The molecule has 0 saturated carbocycles. The van der Waals surface area contributed by atoms with E-state index in [1.807, 2.05) is 4.90 Å². The molecule has 4 aromatic rings. The molecular formula is C59H78N2O25S5-4. The Balaban J connectivity index is 0.0000150. The van der Waals surface area contributed by atoms with Crippen LogP contribution in [0.5, 0.6) is 0 Å². The van der Waals surface area contributed by atoms with Gasteiger partial charge in [0, 0.05) is 79.4 Å². The Morgan fingerprint density at radius 2 is 1.02 bits per heavy atom. The fourth-order valence-corrected chi connectivity index (χ4v) is 14.3. The van der Waals surface area contributed by atoms with Crippen molar-refractivity contribution in [1.29, 1.82) is 0 Å². The van der Waals surface area contributed by atoms with Crippen molar-refractivity contribution in [2.45, 2.75) is 96.6 Å². The molecule has 2 aliphatic heterocycles. The van der Waals surface area contributed by atoms with E-state index >= 15 is 0 Å². The SMILES string of the molecule is C.COCCOCCOCCOCC[N+]1=C(/C=C/C=C/C=C2/N(CCCCCC(=O)O)c3ccc4c(S(=O)(=O)[O-])cc(S(=O)(=O)[O-])cc4c3C2(C)CCOCCOCCOCCOC)C(C)(CCCS(=O)(=O)[O-])c2c1ccc1c(S(=O)(=O)[O-])cc(S(=O)(=O)[O-])cc21. The first-order chi connectivity index (χ1) is 42.4. The second-order valence-electron chi connectivity index (χ2n) is 21.4. The lowest BCUT2D eigenvalue weighted by Gasteiger charge is -2.31. The van der Waals surface area contributed by atoms with Gasteiger partial charge in [-0.25, -0.2) is 42.1 Å². The minimum Gasteiger partial charge on any atom is -0.748 e. The van der Waals surface area contributed by atoms with Crippen LogP contribution in [0.3, 0.4) is 0 Å². The van der Waals surface area contributed by atoms with Crippen LogP contribution >= 0.6 is 0 Å². The molecule has 2 heterocycles. The van der Waals surface area contributed by atoms with Gasteiger partial charge >= 0.3 is 5.97 Å². The van der Waals surface area contributed by atoms with E-state index < -0.39 is 92.7 Å². The monoisotopic (exact) mass is 1370 g/mol. The van der Waals surface area contributed by atoms with Gasteiger partial charge in [0.25, 0.3) is 0 Å². The lowest BCUT2D eigenvalue weighted by molar-refractivity contribution is -0.442. The summed E-state index contributed by atoms with van der Waals surface area (Å²) in [5, 5.41) is 8.83. The van der Waals surface area contributed by atoms with Gasteiger partial charge in [-0.1, -0.05) is 38.1 Å². The van der Waals surface area contributed by atoms with Gasteiger partial charge in [0.05, 0.1) is 114 Å². The standard InChI is InChI=1S/C58H78N2O25S5.CH4/c1-57(19-11-37-86(63,64)65)52(60(22-24-81-30-32-85-36-34-83-28-26-79-4)49-18-16-44-46(55(49)57)38-42(87(66,67)68)40-50(44)89(72,73)74)12-7-5-8-13-53-58(2,20-23-80-29-31-84-35-33-82-27-25-78-3)56-47-39-43(88(69,70)71)41-51(90(75,76)77)45(47)15-17-48(56)59(53)21-10-6-9-14-54(61)62;/h5,7-8,12-13,15-18,38-41H,6,9-11,14,19-37H2,1-4H3,(H5-,61,62,63,64,65,66,67,68,69,70,71,72,73,74,75,76,77);1H4/p-4. The van der Waals surface area contributed by atoms with Crippen molar-refractivity contribution < 1.29 is 117 Å². The zero-order valence-corrected chi connectivity index (χ0v) is 54.2. The average molecular weight is 1380 g/mol. The molecule has 0 amide bonds. The molecule has 0 aliphatic carbocycles. The summed E-state index contributed by atoms with van der Waals surface area (Å²) in [6, 6.07) is 8.63. The molecule has 508 valence electrons. The Hall–Kier alpha value is -5.21. The number of methoxy groups -OCH3 is 2. The third kappa shape index (κ3) is 20.6. The molecule has 91 heavy (non-hydrogen) atoms. The summed E-state index contributed by atoms with van der Waals surface area (Å²) in [7, 11) is -23.4. The number of unbranched alkanes of at least 4 members (excludes halogenated alkanes) is 2. The molecule has 0 radical (unpaired) electrons. The van der Waals surface area contributed by atoms with Gasteiger partial charge < -0.3 is 70.7 Å². The Morgan fingerprint density at radius 3 is 1.51 bits per heavy atom. The summed E-state index contributed by atoms with van der Waals surface area (Å²) in [5.74, 6) is -1.86. The van der Waals surface area contributed by atoms with Gasteiger partial charge in [-0.05, 0) is 110 Å². The first kappa shape index (κ1) is 76.5. The topological polar surface area (TPSA) is 403 Å². The van der Waals surface area contributed by atoms with Crippen molar-refractivity contribution in [2.24, 2.45) is 0 Å². The number of hydrogen-bond acceptors (Lipinski definition) is 25. The Labute approximate surface area is 532 Å². The fourth-order valence-electron chi connectivity index (χ4n) is 11.2. The number of carboxylic acids is 1. The third-order valence-electron chi connectivity index (χ3n) is 15.2. The second-order valence-corrected chi connectivity index (χ2v) is 28.4. The highest BCUT2D eigenvalue weighted by atomic mass is 32.2. The highest BCUT2D eigenvalue weighted by Crippen LogP contribution is 2.54. The molecule has 0 spiro atoms. The molecule has 6 rings (SSSR count). The van der Waals surface area contributed by atoms with Gasteiger partial charge in [-0.15, -0.1) is 0 Å². The van der Waals surface area contributed by atoms with Crippen LogP contribution in [0.4, 0.5) is 11.4 Å². The molecule has 27 nitrogen and oxygen atoms in total. The van der Waals surface area contributed by atoms with Crippen molar-refractivity contribution >= 4 is 95.2 Å². The fraction of sp³-hybridized carbons (Fsp3) is 0.525. The van der Waals surface area contributed by atoms with Crippen LogP contribution in [0.25, 0.3) is 21.5 Å². The second kappa shape index (κ2) is 33.8. The number of fused-ring (bicyclic) bond motifs is 6. The van der Waals surface area contributed by atoms with Gasteiger partial charge in [0.15, 0.2) is 12.3 Å². The van der Waals surface area contributed by atoms with Crippen LogP contribution < -0.4 is 4.90 Å². The zero-order valence-electron chi connectivity index (χ0n) is 50.2. The van der Waals surface area contributed by atoms with Crippen LogP contribution in [0.1, 0.15) is 77.3 Å². The van der Waals surface area contributed by atoms with E-state index in [0.717, 1.165) is 12.1 Å². The first-order valence-corrected chi connectivity index (χ1v) is 35.7. The number of hydrogen-bond donors (Lipinski definition) is 1. The van der Waals surface area contributed by atoms with E-state index in [-0.39, 0.29) is 126 Å². The molecular weight excluding hydrogens is 1300 g/mol. The summed E-state index contributed by atoms with van der Waals surface area (Å²) in [6.45, 7) is 6.86. The Kier molecular flexibility index (Phi) is 28.4. The number of aliphatic carboxylic acids is 1. The predicted octanol–water partition coefficient (Wildman–Crippen LogP) is 5.13. The summed E-state index contributed by atoms with van der Waals surface area (Å²) >= 11 is 0. The largest absolute Gasteiger partial charge is 0.748 e. The maximum atomic E-state index is 12.9. The van der Waals surface area contributed by atoms with Crippen LogP contribution in [0, 0.1) is 0 Å². The molecule has 1 N–H and O–H groups in total. The van der Waals surface area contributed by atoms with E-state index in [2.05, 4.69) is 0 Å². The minimum atomic E-state index is -5.46. The number of nitrogens with zero attached hydrogens (tertiary/aromatic N) is 2. The maximum absolute atomic E-state index is 12.9. The number of ether oxygens (including phenoxy) is 8. The zero-order chi connectivity index (χ0) is 66.1. The number of carboxylic acid groups (broad SMARTS) is 1. The molecule has 4 aromatic carbocycles. The molecule has 32 heteroatoms. The minimum absolute atomic E-state index is 0. The normalized spacial score (nSPS) is 17.8. The number of carbonyl (C=O) groups is 1. The molecule has 0 aromatic heterocycles. The number of allylic oxidation sites excluding steroid dienone is 6. The highest BCUT2D eigenvalue weighted by Gasteiger charge is 2.49. The van der Waals surface area contributed by atoms with Gasteiger partial charge in [0.1, 0.15) is 47.1 Å². The lowest BCUT2D eigenvalue weighted by atomic mass is 9.74. The maximum Gasteiger partial charge on any atom is 0.303 e. The average Bonchev–Trinajstić information content (AvgIpc) is 1.60. The molecule has 0 saturated heterocycles. The van der Waals surface area contributed by atoms with E-state index in [9.17, 15) is 74.8 Å². The molecule has 0 fully saturated rings. The van der Waals surface area contributed by atoms with Crippen LogP contribution in [0.15, 0.2) is 104 Å². The molecule has 0 bridgehead atoms. The van der Waals surface area contributed by atoms with Crippen molar-refractivity contribution in [3.8, 4) is 0 Å². The number of anilines is 1. The third-order valence-corrected chi connectivity index (χ3v) is 19.4. The van der Waals surface area contributed by atoms with E-state index in [4.69, 9.17) is 37.9 Å². The summed E-state index contributed by atoms with van der Waals surface area (Å²) in [4.78, 5) is 9.42. The van der Waals surface area contributed by atoms with Crippen molar-refractivity contribution in [3.63, 3.8) is 0 Å². The molecule has 2 aliphatic rings. The van der Waals surface area contributed by atoms with Crippen LogP contribution in [0.2, 0.25) is 0 Å². The smallest absolute Gasteiger partial charge is 0.303 e. The van der Waals surface area contributed by atoms with Crippen LogP contribution in [-0.2, 0) is 104 Å². The number of benzene rings is 4. The van der Waals surface area contributed by atoms with Gasteiger partial charge in [-0.3, -0.25) is 4.79 Å². The number of rotatable bonds is 41. The van der Waals surface area contributed by atoms with Crippen molar-refractivity contribution in [3.05, 3.63) is 95.7 Å². The van der Waals surface area contributed by atoms with Gasteiger partial charge in [-0.2, -0.15) is 4.58 Å². The Morgan fingerprint density at radius 1 is 0.538 bits per heavy atom. The van der Waals surface area contributed by atoms with Crippen molar-refractivity contribution in [2.75, 3.05) is 130 Å². The predicted molar refractivity (Wildman–Crippen MR) is 328 cm³/mol. The van der Waals surface area contributed by atoms with Crippen molar-refractivity contribution in [1.82, 2.24) is 0 Å². The van der Waals surface area contributed by atoms with Gasteiger partial charge in [0.2, 0.25) is 5.69 Å². The van der Waals surface area contributed by atoms with E-state index in [0.29, 0.717) is 99.4 Å². The molecule has 2 unspecified atom stereocenters. The highest BCUT2D eigenvalue weighted by molar-refractivity contribution is 7.87. The van der Waals surface area contributed by atoms with E-state index in [1.165, 1.54) is 18.2 Å². The quantitative estimate of drug-likeness (QED) is 0.0260. The summed E-state index contributed by atoms with van der Waals surface area (Å²) < 4.78 is 235. The molecule has 2 atom stereocenters. The Bertz CT molecular complexity index is 3910. The summed E-state index contributed by atoms with van der Waals surface area (Å²) in [5.41, 5.74) is -0.540. The summed E-state index contributed by atoms with van der Waals surface area (Å²) in [6.07, 6.45) is 8.86. The van der Waals surface area contributed by atoms with Crippen LogP contribution in [-0.4, -0.2) is 212 Å². The first-order valence-electron chi connectivity index (χ1n) is 28.5. The van der Waals surface area contributed by atoms with E-state index in [1.54, 1.807) is 69.1 Å².